The molecule has 2 N–H and O–H groups in total. The number of phenols is 1. The molecule has 4 unspecified atom stereocenters. The summed E-state index contributed by atoms with van der Waals surface area (Å²) < 4.78 is 0. The van der Waals surface area contributed by atoms with E-state index in [1.54, 1.807) is 0 Å². The quantitative estimate of drug-likeness (QED) is 0.847. The minimum atomic E-state index is 0.452. The van der Waals surface area contributed by atoms with Crippen LogP contribution in [0.1, 0.15) is 56.7 Å². The minimum absolute atomic E-state index is 0.452. The molecule has 104 valence electrons. The zero-order valence-electron chi connectivity index (χ0n) is 12.0. The van der Waals surface area contributed by atoms with E-state index in [0.717, 1.165) is 30.2 Å². The highest BCUT2D eigenvalue weighted by Gasteiger charge is 2.30. The van der Waals surface area contributed by atoms with Crippen molar-refractivity contribution in [3.05, 3.63) is 29.3 Å². The van der Waals surface area contributed by atoms with Crippen LogP contribution >= 0.6 is 0 Å². The third kappa shape index (κ3) is 2.51. The van der Waals surface area contributed by atoms with Crippen LogP contribution in [0.3, 0.4) is 0 Å². The highest BCUT2D eigenvalue weighted by molar-refractivity contribution is 5.44. The Morgan fingerprint density at radius 3 is 2.74 bits per heavy atom. The standard InChI is InChI=1S/C17H25NO/c1-11-6-7-13(10-12(11)2)18-16-9-8-15-14(16)4-3-5-17(15)19/h3-5,11-13,16,18-19H,6-10H2,1-2H3. The lowest BCUT2D eigenvalue weighted by molar-refractivity contribution is 0.215. The molecule has 0 amide bonds. The van der Waals surface area contributed by atoms with E-state index in [0.29, 0.717) is 17.8 Å². The molecule has 2 nitrogen and oxygen atoms in total. The number of fused-ring (bicyclic) bond motifs is 1. The third-order valence-electron chi connectivity index (χ3n) is 5.28. The Kier molecular flexibility index (Phi) is 3.53. The maximum absolute atomic E-state index is 9.90. The summed E-state index contributed by atoms with van der Waals surface area (Å²) in [6.45, 7) is 4.76. The monoisotopic (exact) mass is 259 g/mol. The van der Waals surface area contributed by atoms with Gasteiger partial charge in [0.15, 0.2) is 0 Å². The van der Waals surface area contributed by atoms with E-state index in [1.165, 1.54) is 24.8 Å². The first-order valence-electron chi connectivity index (χ1n) is 7.72. The van der Waals surface area contributed by atoms with Gasteiger partial charge in [0.05, 0.1) is 0 Å². The van der Waals surface area contributed by atoms with Crippen LogP contribution in [-0.4, -0.2) is 11.1 Å². The number of aromatic hydroxyl groups is 1. The molecule has 0 radical (unpaired) electrons. The van der Waals surface area contributed by atoms with Gasteiger partial charge >= 0.3 is 0 Å². The molecule has 2 heteroatoms. The molecule has 2 aliphatic carbocycles. The van der Waals surface area contributed by atoms with Crippen molar-refractivity contribution < 1.29 is 5.11 Å². The molecule has 0 heterocycles. The predicted molar refractivity (Wildman–Crippen MR) is 78.3 cm³/mol. The van der Waals surface area contributed by atoms with Gasteiger partial charge in [0.25, 0.3) is 0 Å². The van der Waals surface area contributed by atoms with Gasteiger partial charge in [0.2, 0.25) is 0 Å². The van der Waals surface area contributed by atoms with Crippen molar-refractivity contribution in [2.24, 2.45) is 11.8 Å². The number of rotatable bonds is 2. The van der Waals surface area contributed by atoms with E-state index in [1.807, 2.05) is 12.1 Å². The van der Waals surface area contributed by atoms with Gasteiger partial charge in [-0.3, -0.25) is 0 Å². The molecule has 0 saturated heterocycles. The largest absolute Gasteiger partial charge is 0.508 e. The normalized spacial score (nSPS) is 34.2. The van der Waals surface area contributed by atoms with Crippen LogP contribution in [0.5, 0.6) is 5.75 Å². The Hall–Kier alpha value is -1.02. The van der Waals surface area contributed by atoms with Crippen LogP contribution in [0.25, 0.3) is 0 Å². The summed E-state index contributed by atoms with van der Waals surface area (Å²) in [5.74, 6) is 2.18. The Morgan fingerprint density at radius 1 is 1.11 bits per heavy atom. The average Bonchev–Trinajstić information content (AvgIpc) is 2.79. The Labute approximate surface area is 116 Å². The summed E-state index contributed by atoms with van der Waals surface area (Å²) in [5.41, 5.74) is 2.49. The fourth-order valence-corrected chi connectivity index (χ4v) is 3.79. The Morgan fingerprint density at radius 2 is 1.95 bits per heavy atom. The zero-order chi connectivity index (χ0) is 13.4. The molecule has 19 heavy (non-hydrogen) atoms. The molecule has 0 aromatic heterocycles. The molecule has 0 bridgehead atoms. The SMILES string of the molecule is CC1CCC(NC2CCc3c(O)cccc32)CC1C. The van der Waals surface area contributed by atoms with E-state index < -0.39 is 0 Å². The number of phenolic OH excluding ortho intramolecular Hbond substituents is 1. The second kappa shape index (κ2) is 5.16. The molecule has 1 saturated carbocycles. The third-order valence-corrected chi connectivity index (χ3v) is 5.28. The Bertz CT molecular complexity index is 457. The fourth-order valence-electron chi connectivity index (χ4n) is 3.79. The molecule has 0 aliphatic heterocycles. The van der Waals surface area contributed by atoms with Crippen LogP contribution < -0.4 is 5.32 Å². The minimum Gasteiger partial charge on any atom is -0.508 e. The molecule has 1 aromatic rings. The first kappa shape index (κ1) is 13.0. The fraction of sp³-hybridized carbons (Fsp3) is 0.647. The summed E-state index contributed by atoms with van der Waals surface area (Å²) >= 11 is 0. The van der Waals surface area contributed by atoms with Crippen LogP contribution in [0, 0.1) is 11.8 Å². The van der Waals surface area contributed by atoms with E-state index >= 15 is 0 Å². The van der Waals surface area contributed by atoms with Crippen molar-refractivity contribution >= 4 is 0 Å². The van der Waals surface area contributed by atoms with Gasteiger partial charge in [-0.15, -0.1) is 0 Å². The first-order valence-corrected chi connectivity index (χ1v) is 7.72. The summed E-state index contributed by atoms with van der Waals surface area (Å²) in [4.78, 5) is 0. The van der Waals surface area contributed by atoms with Crippen molar-refractivity contribution in [2.45, 2.75) is 58.0 Å². The van der Waals surface area contributed by atoms with Crippen LogP contribution in [0.4, 0.5) is 0 Å². The van der Waals surface area contributed by atoms with Crippen LogP contribution in [-0.2, 0) is 6.42 Å². The van der Waals surface area contributed by atoms with Crippen molar-refractivity contribution in [3.8, 4) is 5.75 Å². The summed E-state index contributed by atoms with van der Waals surface area (Å²) in [7, 11) is 0. The number of benzene rings is 1. The van der Waals surface area contributed by atoms with Gasteiger partial charge in [-0.1, -0.05) is 26.0 Å². The van der Waals surface area contributed by atoms with Gasteiger partial charge in [-0.05, 0) is 61.1 Å². The lowest BCUT2D eigenvalue weighted by Crippen LogP contribution is -2.37. The molecule has 2 aliphatic rings. The van der Waals surface area contributed by atoms with Gasteiger partial charge in [-0.25, -0.2) is 0 Å². The maximum atomic E-state index is 9.90. The van der Waals surface area contributed by atoms with E-state index in [9.17, 15) is 5.11 Å². The number of nitrogens with one attached hydrogen (secondary N) is 1. The van der Waals surface area contributed by atoms with E-state index in [-0.39, 0.29) is 0 Å². The van der Waals surface area contributed by atoms with Gasteiger partial charge in [-0.2, -0.15) is 0 Å². The van der Waals surface area contributed by atoms with E-state index in [2.05, 4.69) is 25.2 Å². The van der Waals surface area contributed by atoms with Gasteiger partial charge < -0.3 is 10.4 Å². The smallest absolute Gasteiger partial charge is 0.119 e. The summed E-state index contributed by atoms with van der Waals surface area (Å²) in [5, 5.41) is 13.7. The van der Waals surface area contributed by atoms with Crippen molar-refractivity contribution in [1.82, 2.24) is 5.32 Å². The average molecular weight is 259 g/mol. The Balaban J connectivity index is 1.68. The number of hydrogen-bond acceptors (Lipinski definition) is 2. The molecule has 4 atom stereocenters. The lowest BCUT2D eigenvalue weighted by atomic mass is 9.79. The molecule has 0 spiro atoms. The van der Waals surface area contributed by atoms with Gasteiger partial charge in [0, 0.05) is 12.1 Å². The lowest BCUT2D eigenvalue weighted by Gasteiger charge is -2.34. The molecule has 1 fully saturated rings. The van der Waals surface area contributed by atoms with Crippen LogP contribution in [0.15, 0.2) is 18.2 Å². The topological polar surface area (TPSA) is 32.3 Å². The summed E-state index contributed by atoms with van der Waals surface area (Å²) in [6, 6.07) is 7.07. The van der Waals surface area contributed by atoms with Crippen molar-refractivity contribution in [1.29, 1.82) is 0 Å². The highest BCUT2D eigenvalue weighted by atomic mass is 16.3. The van der Waals surface area contributed by atoms with Gasteiger partial charge in [0.1, 0.15) is 5.75 Å². The number of hydrogen-bond donors (Lipinski definition) is 2. The molecular formula is C17H25NO. The van der Waals surface area contributed by atoms with Crippen molar-refractivity contribution in [2.75, 3.05) is 0 Å². The van der Waals surface area contributed by atoms with Crippen molar-refractivity contribution in [3.63, 3.8) is 0 Å². The first-order chi connectivity index (χ1) is 9.15. The molecule has 1 aromatic carbocycles. The zero-order valence-corrected chi connectivity index (χ0v) is 12.0. The van der Waals surface area contributed by atoms with E-state index in [4.69, 9.17) is 0 Å². The summed E-state index contributed by atoms with van der Waals surface area (Å²) in [6.07, 6.45) is 6.09. The molecular weight excluding hydrogens is 234 g/mol. The maximum Gasteiger partial charge on any atom is 0.119 e. The highest BCUT2D eigenvalue weighted by Crippen LogP contribution is 2.38. The van der Waals surface area contributed by atoms with Crippen LogP contribution in [0.2, 0.25) is 0 Å². The predicted octanol–water partition coefficient (Wildman–Crippen LogP) is 3.79. The second-order valence-corrected chi connectivity index (χ2v) is 6.57. The molecule has 3 rings (SSSR count). The second-order valence-electron chi connectivity index (χ2n) is 6.57.